The van der Waals surface area contributed by atoms with Gasteiger partial charge in [-0.3, -0.25) is 4.98 Å². The third-order valence-corrected chi connectivity index (χ3v) is 2.83. The molecular weight excluding hydrogens is 240 g/mol. The first-order valence-electron chi connectivity index (χ1n) is 6.29. The maximum absolute atomic E-state index is 5.13. The van der Waals surface area contributed by atoms with Crippen molar-refractivity contribution in [1.82, 2.24) is 15.0 Å². The fourth-order valence-corrected chi connectivity index (χ4v) is 1.86. The summed E-state index contributed by atoms with van der Waals surface area (Å²) in [7, 11) is 1.60. The van der Waals surface area contributed by atoms with Crippen molar-refractivity contribution in [3.8, 4) is 5.88 Å². The molecule has 0 bridgehead atoms. The van der Waals surface area contributed by atoms with Gasteiger partial charge < -0.3 is 10.1 Å². The molecule has 0 atom stereocenters. The van der Waals surface area contributed by atoms with E-state index in [0.29, 0.717) is 18.2 Å². The number of anilines is 1. The maximum atomic E-state index is 5.13. The molecule has 0 aliphatic heterocycles. The van der Waals surface area contributed by atoms with E-state index in [1.807, 2.05) is 19.2 Å². The molecule has 2 rings (SSSR count). The van der Waals surface area contributed by atoms with Crippen molar-refractivity contribution in [3.05, 3.63) is 41.5 Å². The Morgan fingerprint density at radius 1 is 1.32 bits per heavy atom. The summed E-state index contributed by atoms with van der Waals surface area (Å²) in [5.41, 5.74) is 2.29. The first kappa shape index (κ1) is 13.3. The van der Waals surface area contributed by atoms with E-state index in [1.54, 1.807) is 13.2 Å². The van der Waals surface area contributed by atoms with Gasteiger partial charge in [0.1, 0.15) is 11.6 Å². The average Bonchev–Trinajstić information content (AvgIpc) is 2.44. The van der Waals surface area contributed by atoms with E-state index in [2.05, 4.69) is 33.3 Å². The van der Waals surface area contributed by atoms with Crippen molar-refractivity contribution in [2.24, 2.45) is 0 Å². The van der Waals surface area contributed by atoms with Gasteiger partial charge in [-0.25, -0.2) is 4.98 Å². The van der Waals surface area contributed by atoms with Crippen LogP contribution in [0.3, 0.4) is 0 Å². The summed E-state index contributed by atoms with van der Waals surface area (Å²) < 4.78 is 5.13. The number of aromatic nitrogens is 3. The van der Waals surface area contributed by atoms with E-state index in [0.717, 1.165) is 17.9 Å². The minimum atomic E-state index is 0.562. The minimum Gasteiger partial charge on any atom is -0.481 e. The Kier molecular flexibility index (Phi) is 4.28. The van der Waals surface area contributed by atoms with Crippen molar-refractivity contribution in [2.45, 2.75) is 26.8 Å². The lowest BCUT2D eigenvalue weighted by molar-refractivity contribution is 0.396. The normalized spacial score (nSPS) is 10.3. The van der Waals surface area contributed by atoms with Gasteiger partial charge in [0.2, 0.25) is 5.88 Å². The summed E-state index contributed by atoms with van der Waals surface area (Å²) in [6.45, 7) is 4.61. The van der Waals surface area contributed by atoms with E-state index < -0.39 is 0 Å². The lowest BCUT2D eigenvalue weighted by atomic mass is 10.1. The SMILES string of the molecule is CCc1cccnc1CNc1cc(OC)nc(C)n1. The van der Waals surface area contributed by atoms with Crippen LogP contribution in [0.1, 0.15) is 24.0 Å². The van der Waals surface area contributed by atoms with Gasteiger partial charge in [-0.1, -0.05) is 13.0 Å². The highest BCUT2D eigenvalue weighted by Gasteiger charge is 2.04. The molecule has 5 nitrogen and oxygen atoms in total. The van der Waals surface area contributed by atoms with Crippen molar-refractivity contribution >= 4 is 5.82 Å². The molecule has 0 aromatic carbocycles. The molecule has 5 heteroatoms. The molecule has 0 aliphatic rings. The highest BCUT2D eigenvalue weighted by molar-refractivity contribution is 5.39. The van der Waals surface area contributed by atoms with Crippen LogP contribution in [-0.2, 0) is 13.0 Å². The Balaban J connectivity index is 2.12. The predicted octanol–water partition coefficient (Wildman–Crippen LogP) is 2.36. The summed E-state index contributed by atoms with van der Waals surface area (Å²) in [5.74, 6) is 1.99. The zero-order valence-electron chi connectivity index (χ0n) is 11.5. The molecule has 2 aromatic rings. The van der Waals surface area contributed by atoms with Gasteiger partial charge in [0.05, 0.1) is 19.3 Å². The summed E-state index contributed by atoms with van der Waals surface area (Å²) in [6, 6.07) is 5.83. The first-order chi connectivity index (χ1) is 9.22. The quantitative estimate of drug-likeness (QED) is 0.892. The van der Waals surface area contributed by atoms with E-state index in [4.69, 9.17) is 4.74 Å². The Labute approximate surface area is 113 Å². The van der Waals surface area contributed by atoms with Crippen molar-refractivity contribution in [1.29, 1.82) is 0 Å². The Hall–Kier alpha value is -2.17. The number of hydrogen-bond acceptors (Lipinski definition) is 5. The molecule has 2 aromatic heterocycles. The van der Waals surface area contributed by atoms with Gasteiger partial charge in [-0.05, 0) is 25.0 Å². The van der Waals surface area contributed by atoms with Crippen molar-refractivity contribution < 1.29 is 4.74 Å². The average molecular weight is 258 g/mol. The second-order valence-corrected chi connectivity index (χ2v) is 4.16. The zero-order valence-corrected chi connectivity index (χ0v) is 11.5. The number of nitrogens with one attached hydrogen (secondary N) is 1. The van der Waals surface area contributed by atoms with Crippen LogP contribution < -0.4 is 10.1 Å². The van der Waals surface area contributed by atoms with Gasteiger partial charge in [-0.2, -0.15) is 4.98 Å². The molecule has 1 N–H and O–H groups in total. The molecule has 0 saturated heterocycles. The van der Waals surface area contributed by atoms with E-state index >= 15 is 0 Å². The second kappa shape index (κ2) is 6.13. The molecule has 0 fully saturated rings. The molecule has 0 unspecified atom stereocenters. The van der Waals surface area contributed by atoms with Crippen LogP contribution in [0, 0.1) is 6.92 Å². The number of ether oxygens (including phenoxy) is 1. The third-order valence-electron chi connectivity index (χ3n) is 2.83. The lowest BCUT2D eigenvalue weighted by Gasteiger charge is -2.10. The number of aryl methyl sites for hydroxylation is 2. The van der Waals surface area contributed by atoms with E-state index in [-0.39, 0.29) is 0 Å². The second-order valence-electron chi connectivity index (χ2n) is 4.16. The van der Waals surface area contributed by atoms with Crippen molar-refractivity contribution in [3.63, 3.8) is 0 Å². The highest BCUT2D eigenvalue weighted by atomic mass is 16.5. The maximum Gasteiger partial charge on any atom is 0.218 e. The molecule has 0 saturated carbocycles. The molecule has 0 amide bonds. The topological polar surface area (TPSA) is 59.9 Å². The van der Waals surface area contributed by atoms with Gasteiger partial charge >= 0.3 is 0 Å². The zero-order chi connectivity index (χ0) is 13.7. The Morgan fingerprint density at radius 3 is 2.89 bits per heavy atom. The molecule has 19 heavy (non-hydrogen) atoms. The molecule has 0 radical (unpaired) electrons. The molecule has 2 heterocycles. The molecule has 0 aliphatic carbocycles. The first-order valence-corrected chi connectivity index (χ1v) is 6.29. The van der Waals surface area contributed by atoms with E-state index in [9.17, 15) is 0 Å². The smallest absolute Gasteiger partial charge is 0.218 e. The standard InChI is InChI=1S/C14H18N4O/c1-4-11-6-5-7-15-12(11)9-16-13-8-14(19-3)18-10(2)17-13/h5-8H,4,9H2,1-3H3,(H,16,17,18). The van der Waals surface area contributed by atoms with Gasteiger partial charge in [0, 0.05) is 12.3 Å². The van der Waals surface area contributed by atoms with Crippen LogP contribution in [0.5, 0.6) is 5.88 Å². The lowest BCUT2D eigenvalue weighted by Crippen LogP contribution is -2.07. The number of methoxy groups -OCH3 is 1. The largest absolute Gasteiger partial charge is 0.481 e. The molecule has 100 valence electrons. The highest BCUT2D eigenvalue weighted by Crippen LogP contribution is 2.14. The van der Waals surface area contributed by atoms with Crippen LogP contribution in [0.4, 0.5) is 5.82 Å². The Morgan fingerprint density at radius 2 is 2.16 bits per heavy atom. The van der Waals surface area contributed by atoms with Crippen LogP contribution in [0.2, 0.25) is 0 Å². The monoisotopic (exact) mass is 258 g/mol. The van der Waals surface area contributed by atoms with E-state index in [1.165, 1.54) is 5.56 Å². The number of rotatable bonds is 5. The summed E-state index contributed by atoms with van der Waals surface area (Å²) >= 11 is 0. The number of pyridine rings is 1. The number of nitrogens with zero attached hydrogens (tertiary/aromatic N) is 3. The summed E-state index contributed by atoms with van der Waals surface area (Å²) in [6.07, 6.45) is 2.78. The fourth-order valence-electron chi connectivity index (χ4n) is 1.86. The summed E-state index contributed by atoms with van der Waals surface area (Å²) in [5, 5.41) is 3.26. The van der Waals surface area contributed by atoms with Gasteiger partial charge in [0.25, 0.3) is 0 Å². The van der Waals surface area contributed by atoms with Gasteiger partial charge in [0.15, 0.2) is 0 Å². The van der Waals surface area contributed by atoms with Crippen LogP contribution in [0.15, 0.2) is 24.4 Å². The predicted molar refractivity (Wildman–Crippen MR) is 74.3 cm³/mol. The van der Waals surface area contributed by atoms with Crippen LogP contribution in [-0.4, -0.2) is 22.1 Å². The fraction of sp³-hybridized carbons (Fsp3) is 0.357. The molecule has 0 spiro atoms. The minimum absolute atomic E-state index is 0.562. The Bertz CT molecular complexity index is 557. The summed E-state index contributed by atoms with van der Waals surface area (Å²) in [4.78, 5) is 12.9. The number of hydrogen-bond donors (Lipinski definition) is 1. The van der Waals surface area contributed by atoms with Crippen molar-refractivity contribution in [2.75, 3.05) is 12.4 Å². The van der Waals surface area contributed by atoms with Crippen LogP contribution in [0.25, 0.3) is 0 Å². The van der Waals surface area contributed by atoms with Crippen LogP contribution >= 0.6 is 0 Å². The van der Waals surface area contributed by atoms with Gasteiger partial charge in [-0.15, -0.1) is 0 Å². The molecular formula is C14H18N4O. The third kappa shape index (κ3) is 3.40.